The molecular formula is C15H18O3. The molecule has 1 aromatic rings. The summed E-state index contributed by atoms with van der Waals surface area (Å²) in [4.78, 5) is 0. The number of ether oxygens (including phenoxy) is 3. The Morgan fingerprint density at radius 3 is 2.67 bits per heavy atom. The monoisotopic (exact) mass is 246 g/mol. The third kappa shape index (κ3) is 2.48. The highest BCUT2D eigenvalue weighted by Crippen LogP contribution is 2.37. The summed E-state index contributed by atoms with van der Waals surface area (Å²) in [7, 11) is 0. The number of fused-ring (bicyclic) bond motifs is 1. The molecule has 2 aliphatic rings. The van der Waals surface area contributed by atoms with Crippen LogP contribution in [0.3, 0.4) is 0 Å². The zero-order valence-corrected chi connectivity index (χ0v) is 10.7. The second-order valence-corrected chi connectivity index (χ2v) is 5.22. The van der Waals surface area contributed by atoms with Crippen molar-refractivity contribution in [1.82, 2.24) is 0 Å². The van der Waals surface area contributed by atoms with E-state index in [1.807, 2.05) is 32.0 Å². The summed E-state index contributed by atoms with van der Waals surface area (Å²) >= 11 is 0. The Hall–Kier alpha value is -1.16. The minimum atomic E-state index is -0.510. The Morgan fingerprint density at radius 1 is 1.17 bits per heavy atom. The van der Waals surface area contributed by atoms with Crippen molar-refractivity contribution in [2.45, 2.75) is 44.6 Å². The van der Waals surface area contributed by atoms with Gasteiger partial charge in [-0.3, -0.25) is 0 Å². The van der Waals surface area contributed by atoms with Gasteiger partial charge in [0.15, 0.2) is 12.1 Å². The van der Waals surface area contributed by atoms with Gasteiger partial charge in [0.25, 0.3) is 0 Å². The summed E-state index contributed by atoms with van der Waals surface area (Å²) in [5.41, 5.74) is 1.18. The van der Waals surface area contributed by atoms with E-state index in [4.69, 9.17) is 14.2 Å². The van der Waals surface area contributed by atoms with Crippen LogP contribution in [0.5, 0.6) is 0 Å². The fraction of sp³-hybridized carbons (Fsp3) is 0.467. The minimum absolute atomic E-state index is 0.0606. The van der Waals surface area contributed by atoms with E-state index in [1.54, 1.807) is 0 Å². The molecule has 96 valence electrons. The zero-order chi connectivity index (χ0) is 12.6. The van der Waals surface area contributed by atoms with Crippen molar-refractivity contribution in [2.24, 2.45) is 0 Å². The Balaban J connectivity index is 1.60. The Bertz CT molecular complexity index is 422. The molecule has 3 rings (SSSR count). The summed E-state index contributed by atoms with van der Waals surface area (Å²) in [5, 5.41) is 0. The van der Waals surface area contributed by atoms with E-state index in [-0.39, 0.29) is 18.5 Å². The standard InChI is InChI=1S/C15H18O3/c1-15(2)17-13-10-12(16-14(13)18-15)9-8-11-6-4-3-5-7-11/h3-9,12-14H,10H2,1-2H3/b9-8-/t12-,13+,14+/m0/s1. The average Bonchev–Trinajstić information content (AvgIpc) is 2.81. The van der Waals surface area contributed by atoms with Gasteiger partial charge in [0.05, 0.1) is 6.10 Å². The summed E-state index contributed by atoms with van der Waals surface area (Å²) < 4.78 is 17.3. The fourth-order valence-corrected chi connectivity index (χ4v) is 2.44. The van der Waals surface area contributed by atoms with Crippen molar-refractivity contribution in [2.75, 3.05) is 0 Å². The lowest BCUT2D eigenvalue weighted by molar-refractivity contribution is -0.199. The summed E-state index contributed by atoms with van der Waals surface area (Å²) in [6, 6.07) is 10.2. The van der Waals surface area contributed by atoms with Crippen molar-refractivity contribution >= 4 is 6.08 Å². The molecule has 2 aliphatic heterocycles. The minimum Gasteiger partial charge on any atom is -0.342 e. The van der Waals surface area contributed by atoms with Crippen molar-refractivity contribution in [3.05, 3.63) is 42.0 Å². The Kier molecular flexibility index (Phi) is 2.98. The van der Waals surface area contributed by atoms with Gasteiger partial charge in [-0.2, -0.15) is 0 Å². The van der Waals surface area contributed by atoms with E-state index < -0.39 is 5.79 Å². The average molecular weight is 246 g/mol. The highest BCUT2D eigenvalue weighted by Gasteiger charge is 2.47. The van der Waals surface area contributed by atoms with Crippen LogP contribution in [0.25, 0.3) is 6.08 Å². The van der Waals surface area contributed by atoms with Crippen molar-refractivity contribution < 1.29 is 14.2 Å². The van der Waals surface area contributed by atoms with Crippen molar-refractivity contribution in [3.63, 3.8) is 0 Å². The molecule has 3 heteroatoms. The molecule has 2 heterocycles. The first-order valence-electron chi connectivity index (χ1n) is 6.37. The first kappa shape index (κ1) is 11.9. The molecule has 2 saturated heterocycles. The molecule has 0 amide bonds. The molecule has 0 spiro atoms. The lowest BCUT2D eigenvalue weighted by Crippen LogP contribution is -2.24. The van der Waals surface area contributed by atoms with Crippen LogP contribution in [0.4, 0.5) is 0 Å². The molecule has 0 radical (unpaired) electrons. The largest absolute Gasteiger partial charge is 0.342 e. The normalized spacial score (nSPS) is 34.0. The van der Waals surface area contributed by atoms with Crippen LogP contribution >= 0.6 is 0 Å². The van der Waals surface area contributed by atoms with Crippen LogP contribution in [-0.2, 0) is 14.2 Å². The molecule has 0 saturated carbocycles. The molecule has 0 unspecified atom stereocenters. The van der Waals surface area contributed by atoms with Crippen LogP contribution in [0.15, 0.2) is 36.4 Å². The van der Waals surface area contributed by atoms with Crippen LogP contribution in [0.1, 0.15) is 25.8 Å². The van der Waals surface area contributed by atoms with E-state index in [0.717, 1.165) is 6.42 Å². The van der Waals surface area contributed by atoms with Gasteiger partial charge in [-0.15, -0.1) is 0 Å². The van der Waals surface area contributed by atoms with Crippen LogP contribution < -0.4 is 0 Å². The van der Waals surface area contributed by atoms with Gasteiger partial charge < -0.3 is 14.2 Å². The number of benzene rings is 1. The van der Waals surface area contributed by atoms with Gasteiger partial charge in [-0.1, -0.05) is 42.5 Å². The molecule has 3 nitrogen and oxygen atoms in total. The quantitative estimate of drug-likeness (QED) is 0.803. The second-order valence-electron chi connectivity index (χ2n) is 5.22. The first-order chi connectivity index (χ1) is 8.62. The maximum absolute atomic E-state index is 5.81. The predicted molar refractivity (Wildman–Crippen MR) is 68.8 cm³/mol. The lowest BCUT2D eigenvalue weighted by atomic mass is 10.1. The molecule has 0 N–H and O–H groups in total. The van der Waals surface area contributed by atoms with Crippen LogP contribution in [0, 0.1) is 0 Å². The molecule has 0 aromatic heterocycles. The Labute approximate surface area is 107 Å². The van der Waals surface area contributed by atoms with E-state index in [1.165, 1.54) is 5.56 Å². The number of hydrogen-bond acceptors (Lipinski definition) is 3. The molecule has 18 heavy (non-hydrogen) atoms. The van der Waals surface area contributed by atoms with Crippen LogP contribution in [0.2, 0.25) is 0 Å². The second kappa shape index (κ2) is 4.50. The van der Waals surface area contributed by atoms with Gasteiger partial charge >= 0.3 is 0 Å². The fourth-order valence-electron chi connectivity index (χ4n) is 2.44. The topological polar surface area (TPSA) is 27.7 Å². The van der Waals surface area contributed by atoms with Gasteiger partial charge in [0.1, 0.15) is 6.10 Å². The summed E-state index contributed by atoms with van der Waals surface area (Å²) in [6.07, 6.45) is 4.94. The number of rotatable bonds is 2. The molecule has 0 aliphatic carbocycles. The van der Waals surface area contributed by atoms with E-state index in [9.17, 15) is 0 Å². The van der Waals surface area contributed by atoms with Crippen molar-refractivity contribution in [3.8, 4) is 0 Å². The molecule has 3 atom stereocenters. The molecule has 0 bridgehead atoms. The Morgan fingerprint density at radius 2 is 1.94 bits per heavy atom. The third-order valence-corrected chi connectivity index (χ3v) is 3.22. The van der Waals surface area contributed by atoms with Gasteiger partial charge in [-0.05, 0) is 19.4 Å². The predicted octanol–water partition coefficient (Wildman–Crippen LogP) is 2.97. The zero-order valence-electron chi connectivity index (χ0n) is 10.7. The highest BCUT2D eigenvalue weighted by atomic mass is 16.8. The van der Waals surface area contributed by atoms with E-state index in [0.29, 0.717) is 0 Å². The van der Waals surface area contributed by atoms with Gasteiger partial charge in [0, 0.05) is 6.42 Å². The SMILES string of the molecule is CC1(C)O[C@H]2O[C@@H](/C=C\c3ccccc3)C[C@H]2O1. The maximum Gasteiger partial charge on any atom is 0.187 e. The van der Waals surface area contributed by atoms with Gasteiger partial charge in [0.2, 0.25) is 0 Å². The third-order valence-electron chi connectivity index (χ3n) is 3.22. The molecule has 1 aromatic carbocycles. The van der Waals surface area contributed by atoms with E-state index >= 15 is 0 Å². The smallest absolute Gasteiger partial charge is 0.187 e. The summed E-state index contributed by atoms with van der Waals surface area (Å²) in [6.45, 7) is 3.84. The first-order valence-corrected chi connectivity index (χ1v) is 6.37. The van der Waals surface area contributed by atoms with Gasteiger partial charge in [-0.25, -0.2) is 0 Å². The molecular weight excluding hydrogens is 228 g/mol. The lowest BCUT2D eigenvalue weighted by Gasteiger charge is -2.19. The van der Waals surface area contributed by atoms with Crippen LogP contribution in [-0.4, -0.2) is 24.3 Å². The maximum atomic E-state index is 5.81. The highest BCUT2D eigenvalue weighted by molar-refractivity contribution is 5.49. The summed E-state index contributed by atoms with van der Waals surface area (Å²) in [5.74, 6) is -0.510. The van der Waals surface area contributed by atoms with Crippen molar-refractivity contribution in [1.29, 1.82) is 0 Å². The molecule has 2 fully saturated rings. The number of hydrogen-bond donors (Lipinski definition) is 0. The van der Waals surface area contributed by atoms with E-state index in [2.05, 4.69) is 24.3 Å².